The molecule has 2 N–H and O–H groups in total. The van der Waals surface area contributed by atoms with Gasteiger partial charge in [0.15, 0.2) is 12.4 Å². The quantitative estimate of drug-likeness (QED) is 0.500. The first-order valence-electron chi connectivity index (χ1n) is 12.0. The summed E-state index contributed by atoms with van der Waals surface area (Å²) in [7, 11) is 0. The van der Waals surface area contributed by atoms with Crippen molar-refractivity contribution in [3.8, 4) is 5.75 Å². The van der Waals surface area contributed by atoms with Crippen LogP contribution in [0.1, 0.15) is 27.2 Å². The van der Waals surface area contributed by atoms with E-state index in [0.717, 1.165) is 0 Å². The Hall–Kier alpha value is -2.39. The molecular formula is C25H30Cl2FN3O5. The summed E-state index contributed by atoms with van der Waals surface area (Å²) in [6.45, 7) is 5.21. The topological polar surface area (TPSA) is 105 Å². The molecule has 1 aliphatic carbocycles. The largest absolute Gasteiger partial charge is 0.484 e. The van der Waals surface area contributed by atoms with Crippen molar-refractivity contribution in [1.82, 2.24) is 15.5 Å². The molecule has 1 saturated carbocycles. The minimum absolute atomic E-state index is 0.0140. The van der Waals surface area contributed by atoms with E-state index in [0.29, 0.717) is 23.9 Å². The van der Waals surface area contributed by atoms with Gasteiger partial charge in [-0.25, -0.2) is 4.39 Å². The summed E-state index contributed by atoms with van der Waals surface area (Å²) in [4.78, 5) is 52.6. The summed E-state index contributed by atoms with van der Waals surface area (Å²) >= 11 is 11.9. The Bertz CT molecular complexity index is 1080. The van der Waals surface area contributed by atoms with Gasteiger partial charge in [0.1, 0.15) is 18.5 Å². The number of Topliss-reactive ketones (excluding diaryl/α,β-unsaturated/α-hetero) is 1. The number of benzene rings is 1. The maximum Gasteiger partial charge on any atom is 0.261 e. The number of ether oxygens (including phenoxy) is 1. The summed E-state index contributed by atoms with van der Waals surface area (Å²) in [5.74, 6) is -2.07. The van der Waals surface area contributed by atoms with Crippen LogP contribution in [0.5, 0.6) is 5.75 Å². The Balaban J connectivity index is 1.46. The molecular weight excluding hydrogens is 512 g/mol. The lowest BCUT2D eigenvalue weighted by atomic mass is 9.89. The zero-order valence-electron chi connectivity index (χ0n) is 20.4. The van der Waals surface area contributed by atoms with Gasteiger partial charge < -0.3 is 20.3 Å². The number of carbonyl (C=O) groups is 4. The van der Waals surface area contributed by atoms with Gasteiger partial charge in [0.25, 0.3) is 5.91 Å². The zero-order chi connectivity index (χ0) is 26.4. The van der Waals surface area contributed by atoms with E-state index >= 15 is 0 Å². The lowest BCUT2D eigenvalue weighted by Gasteiger charge is -2.31. The van der Waals surface area contributed by atoms with Crippen molar-refractivity contribution >= 4 is 46.7 Å². The number of likely N-dealkylation sites (tertiary alicyclic amines) is 1. The van der Waals surface area contributed by atoms with Crippen molar-refractivity contribution in [3.63, 3.8) is 0 Å². The molecule has 3 aliphatic rings. The summed E-state index contributed by atoms with van der Waals surface area (Å²) < 4.78 is 18.9. The number of hydrogen-bond donors (Lipinski definition) is 2. The maximum atomic E-state index is 13.5. The fraction of sp³-hybridized carbons (Fsp3) is 0.600. The third kappa shape index (κ3) is 5.05. The van der Waals surface area contributed by atoms with Gasteiger partial charge in [-0.05, 0) is 41.7 Å². The van der Waals surface area contributed by atoms with E-state index < -0.39 is 36.4 Å². The molecule has 196 valence electrons. The molecule has 0 radical (unpaired) electrons. The van der Waals surface area contributed by atoms with Crippen LogP contribution in [0.15, 0.2) is 18.2 Å². The number of halogens is 3. The molecule has 1 aromatic carbocycles. The van der Waals surface area contributed by atoms with Crippen LogP contribution in [0.3, 0.4) is 0 Å². The molecule has 2 heterocycles. The number of fused-ring (bicyclic) bond motifs is 1. The lowest BCUT2D eigenvalue weighted by molar-refractivity contribution is -0.142. The highest BCUT2D eigenvalue weighted by atomic mass is 35.5. The van der Waals surface area contributed by atoms with Crippen molar-refractivity contribution in [1.29, 1.82) is 0 Å². The number of rotatable bonds is 9. The second-order valence-corrected chi connectivity index (χ2v) is 11.3. The molecule has 1 aromatic rings. The Morgan fingerprint density at radius 1 is 1.28 bits per heavy atom. The number of alkyl halides is 1. The van der Waals surface area contributed by atoms with E-state index in [1.807, 2.05) is 20.8 Å². The van der Waals surface area contributed by atoms with Crippen LogP contribution >= 0.6 is 23.2 Å². The smallest absolute Gasteiger partial charge is 0.261 e. The molecule has 3 fully saturated rings. The molecule has 4 rings (SSSR count). The minimum atomic E-state index is -1.25. The first-order chi connectivity index (χ1) is 16.9. The number of ketones is 1. The molecule has 3 amide bonds. The second kappa shape index (κ2) is 10.2. The molecule has 8 nitrogen and oxygen atoms in total. The Morgan fingerprint density at radius 2 is 2.00 bits per heavy atom. The fourth-order valence-electron chi connectivity index (χ4n) is 5.65. The van der Waals surface area contributed by atoms with Gasteiger partial charge in [0.05, 0.1) is 16.1 Å². The molecule has 6 atom stereocenters. The van der Waals surface area contributed by atoms with E-state index in [2.05, 4.69) is 10.6 Å². The van der Waals surface area contributed by atoms with Crippen molar-refractivity contribution in [2.45, 2.75) is 39.3 Å². The van der Waals surface area contributed by atoms with Gasteiger partial charge in [0.2, 0.25) is 11.8 Å². The highest BCUT2D eigenvalue weighted by Crippen LogP contribution is 2.64. The van der Waals surface area contributed by atoms with Crippen LogP contribution in [0.4, 0.5) is 4.39 Å². The van der Waals surface area contributed by atoms with Gasteiger partial charge >= 0.3 is 0 Å². The number of piperidine rings is 1. The summed E-state index contributed by atoms with van der Waals surface area (Å²) in [5, 5.41) is 6.05. The molecule has 36 heavy (non-hydrogen) atoms. The van der Waals surface area contributed by atoms with Crippen LogP contribution in [-0.2, 0) is 19.2 Å². The predicted octanol–water partition coefficient (Wildman–Crippen LogP) is 2.65. The van der Waals surface area contributed by atoms with Crippen molar-refractivity contribution < 1.29 is 28.3 Å². The fourth-order valence-corrected chi connectivity index (χ4v) is 5.93. The molecule has 2 saturated heterocycles. The lowest BCUT2D eigenvalue weighted by Crippen LogP contribution is -2.55. The maximum absolute atomic E-state index is 13.5. The monoisotopic (exact) mass is 541 g/mol. The van der Waals surface area contributed by atoms with Crippen LogP contribution in [-0.4, -0.2) is 66.9 Å². The molecule has 2 aliphatic heterocycles. The standard InChI is InChI=1S/C25H30Cl2FN3O5/c1-12-9-29-23(34)14(12)7-18(19(32)8-28)30-24(35)22-21-15(25(21,2)3)10-31(22)20(33)11-36-13-4-5-16(26)17(27)6-13/h4-6,12,14-15,18,21-22H,7-11H2,1-3H3,(H,29,34)(H,30,35)/t12?,14-,15+,18+,21+,22?/m1/s1. The van der Waals surface area contributed by atoms with E-state index in [4.69, 9.17) is 27.9 Å². The number of hydrogen-bond acceptors (Lipinski definition) is 5. The van der Waals surface area contributed by atoms with Crippen molar-refractivity contribution in [3.05, 3.63) is 28.2 Å². The Labute approximate surface area is 219 Å². The molecule has 11 heteroatoms. The van der Waals surface area contributed by atoms with Gasteiger partial charge in [-0.1, -0.05) is 44.0 Å². The summed E-state index contributed by atoms with van der Waals surface area (Å²) in [6, 6.07) is 2.67. The first kappa shape index (κ1) is 26.7. The van der Waals surface area contributed by atoms with E-state index in [-0.39, 0.29) is 53.0 Å². The summed E-state index contributed by atoms with van der Waals surface area (Å²) in [5.41, 5.74) is -0.150. The van der Waals surface area contributed by atoms with Gasteiger partial charge in [-0.2, -0.15) is 0 Å². The highest BCUT2D eigenvalue weighted by molar-refractivity contribution is 6.42. The SMILES string of the molecule is CC1CNC(=O)[C@@H]1C[C@H](NC(=O)C1[C@@H]2[C@H](CN1C(=O)COc1ccc(Cl)c(Cl)c1)C2(C)C)C(=O)CF. The zero-order valence-corrected chi connectivity index (χ0v) is 21.9. The number of nitrogens with one attached hydrogen (secondary N) is 2. The van der Waals surface area contributed by atoms with Gasteiger partial charge in [-0.15, -0.1) is 0 Å². The van der Waals surface area contributed by atoms with Crippen molar-refractivity contribution in [2.75, 3.05) is 26.4 Å². The second-order valence-electron chi connectivity index (χ2n) is 10.5. The third-order valence-electron chi connectivity index (χ3n) is 8.00. The van der Waals surface area contributed by atoms with Gasteiger partial charge in [0, 0.05) is 25.1 Å². The van der Waals surface area contributed by atoms with Crippen LogP contribution < -0.4 is 15.4 Å². The van der Waals surface area contributed by atoms with E-state index in [1.54, 1.807) is 12.1 Å². The van der Waals surface area contributed by atoms with E-state index in [9.17, 15) is 23.6 Å². The average molecular weight is 542 g/mol. The van der Waals surface area contributed by atoms with Crippen LogP contribution in [0.25, 0.3) is 0 Å². The molecule has 2 unspecified atom stereocenters. The first-order valence-corrected chi connectivity index (χ1v) is 12.7. The predicted molar refractivity (Wildman–Crippen MR) is 131 cm³/mol. The molecule has 0 aromatic heterocycles. The number of amides is 3. The normalized spacial score (nSPS) is 28.8. The minimum Gasteiger partial charge on any atom is -0.484 e. The average Bonchev–Trinajstić information content (AvgIpc) is 3.13. The van der Waals surface area contributed by atoms with Crippen LogP contribution in [0, 0.1) is 29.1 Å². The number of nitrogens with zero attached hydrogens (tertiary/aromatic N) is 1. The Morgan fingerprint density at radius 3 is 2.61 bits per heavy atom. The highest BCUT2D eigenvalue weighted by Gasteiger charge is 2.69. The number of carbonyl (C=O) groups excluding carboxylic acids is 4. The third-order valence-corrected chi connectivity index (χ3v) is 8.74. The van der Waals surface area contributed by atoms with E-state index in [1.165, 1.54) is 11.0 Å². The Kier molecular flexibility index (Phi) is 7.53. The molecule has 0 bridgehead atoms. The van der Waals surface area contributed by atoms with Crippen molar-refractivity contribution in [2.24, 2.45) is 29.1 Å². The van der Waals surface area contributed by atoms with Gasteiger partial charge in [-0.3, -0.25) is 19.2 Å². The molecule has 0 spiro atoms. The summed E-state index contributed by atoms with van der Waals surface area (Å²) in [6.07, 6.45) is 0.0140. The van der Waals surface area contributed by atoms with Crippen LogP contribution in [0.2, 0.25) is 10.0 Å².